The molecule has 0 radical (unpaired) electrons. The molecule has 17 heavy (non-hydrogen) atoms. The SMILES string of the molecule is NC(=O)C#Cc1ccc(OC(F)(F)F)c(F)c1. The lowest BCUT2D eigenvalue weighted by molar-refractivity contribution is -0.275. The molecule has 0 atom stereocenters. The van der Waals surface area contributed by atoms with E-state index in [9.17, 15) is 22.4 Å². The first-order chi connectivity index (χ1) is 7.78. The number of amides is 1. The standard InChI is InChI=1S/C10H5F4NO2/c11-7-5-6(2-4-9(15)16)1-3-8(7)17-10(12,13)14/h1,3,5H,(H2,15,16). The van der Waals surface area contributed by atoms with E-state index in [1.807, 2.05) is 5.92 Å². The Morgan fingerprint density at radius 1 is 1.35 bits per heavy atom. The summed E-state index contributed by atoms with van der Waals surface area (Å²) in [4.78, 5) is 10.3. The molecule has 0 bridgehead atoms. The molecule has 7 heteroatoms. The molecular weight excluding hydrogens is 242 g/mol. The predicted molar refractivity (Wildman–Crippen MR) is 49.2 cm³/mol. The average molecular weight is 247 g/mol. The zero-order valence-electron chi connectivity index (χ0n) is 8.14. The van der Waals surface area contributed by atoms with Crippen LogP contribution in [0.1, 0.15) is 5.56 Å². The summed E-state index contributed by atoms with van der Waals surface area (Å²) < 4.78 is 51.9. The van der Waals surface area contributed by atoms with E-state index in [2.05, 4.69) is 10.7 Å². The maximum absolute atomic E-state index is 13.1. The van der Waals surface area contributed by atoms with Gasteiger partial charge in [0.15, 0.2) is 11.6 Å². The maximum atomic E-state index is 13.1. The lowest BCUT2D eigenvalue weighted by Gasteiger charge is -2.09. The van der Waals surface area contributed by atoms with Gasteiger partial charge in [-0.1, -0.05) is 5.92 Å². The van der Waals surface area contributed by atoms with Gasteiger partial charge in [0.1, 0.15) is 0 Å². The van der Waals surface area contributed by atoms with Crippen LogP contribution < -0.4 is 10.5 Å². The van der Waals surface area contributed by atoms with E-state index in [0.717, 1.165) is 12.1 Å². The van der Waals surface area contributed by atoms with Crippen molar-refractivity contribution in [2.45, 2.75) is 6.36 Å². The summed E-state index contributed by atoms with van der Waals surface area (Å²) in [6.45, 7) is 0. The van der Waals surface area contributed by atoms with Crippen LogP contribution >= 0.6 is 0 Å². The fourth-order valence-electron chi connectivity index (χ4n) is 0.920. The third-order valence-corrected chi connectivity index (χ3v) is 1.49. The highest BCUT2D eigenvalue weighted by Gasteiger charge is 2.32. The van der Waals surface area contributed by atoms with Gasteiger partial charge in [0.05, 0.1) is 0 Å². The summed E-state index contributed by atoms with van der Waals surface area (Å²) in [6.07, 6.45) is -4.97. The Balaban J connectivity index is 2.95. The van der Waals surface area contributed by atoms with Gasteiger partial charge in [0.2, 0.25) is 0 Å². The number of hydrogen-bond donors (Lipinski definition) is 1. The molecule has 1 aromatic carbocycles. The third kappa shape index (κ3) is 4.42. The van der Waals surface area contributed by atoms with E-state index in [1.54, 1.807) is 0 Å². The summed E-state index contributed by atoms with van der Waals surface area (Å²) in [5, 5.41) is 0. The predicted octanol–water partition coefficient (Wildman–Crippen LogP) is 1.56. The van der Waals surface area contributed by atoms with Crippen LogP contribution in [0.15, 0.2) is 18.2 Å². The number of ether oxygens (including phenoxy) is 1. The van der Waals surface area contributed by atoms with Crippen LogP contribution in [-0.2, 0) is 4.79 Å². The van der Waals surface area contributed by atoms with Crippen molar-refractivity contribution in [3.8, 4) is 17.6 Å². The largest absolute Gasteiger partial charge is 0.573 e. The minimum absolute atomic E-state index is 0.0100. The number of alkyl halides is 3. The molecule has 1 rings (SSSR count). The summed E-state index contributed by atoms with van der Waals surface area (Å²) in [7, 11) is 0. The van der Waals surface area contributed by atoms with Crippen LogP contribution in [0, 0.1) is 17.7 Å². The molecule has 0 fully saturated rings. The lowest BCUT2D eigenvalue weighted by Crippen LogP contribution is -2.17. The van der Waals surface area contributed by atoms with Gasteiger partial charge in [0, 0.05) is 5.56 Å². The van der Waals surface area contributed by atoms with Crippen LogP contribution in [-0.4, -0.2) is 12.3 Å². The minimum atomic E-state index is -4.97. The van der Waals surface area contributed by atoms with Crippen LogP contribution in [0.2, 0.25) is 0 Å². The fourth-order valence-corrected chi connectivity index (χ4v) is 0.920. The number of carbonyl (C=O) groups excluding carboxylic acids is 1. The van der Waals surface area contributed by atoms with Gasteiger partial charge in [0.25, 0.3) is 5.91 Å². The maximum Gasteiger partial charge on any atom is 0.573 e. The first kappa shape index (κ1) is 12.8. The van der Waals surface area contributed by atoms with Crippen molar-refractivity contribution in [3.05, 3.63) is 29.6 Å². The summed E-state index contributed by atoms with van der Waals surface area (Å²) in [5.41, 5.74) is 4.72. The quantitative estimate of drug-likeness (QED) is 0.604. The van der Waals surface area contributed by atoms with Crippen molar-refractivity contribution in [2.75, 3.05) is 0 Å². The molecule has 90 valence electrons. The molecule has 0 aliphatic rings. The van der Waals surface area contributed by atoms with E-state index in [1.165, 1.54) is 0 Å². The number of benzene rings is 1. The average Bonchev–Trinajstić information content (AvgIpc) is 2.17. The Kier molecular flexibility index (Phi) is 3.58. The highest BCUT2D eigenvalue weighted by atomic mass is 19.4. The van der Waals surface area contributed by atoms with Gasteiger partial charge in [-0.05, 0) is 24.1 Å². The van der Waals surface area contributed by atoms with Crippen molar-refractivity contribution in [1.29, 1.82) is 0 Å². The van der Waals surface area contributed by atoms with Gasteiger partial charge in [-0.3, -0.25) is 4.79 Å². The molecule has 0 saturated carbocycles. The Labute approximate surface area is 93.2 Å². The molecular formula is C10H5F4NO2. The van der Waals surface area contributed by atoms with Gasteiger partial charge in [-0.15, -0.1) is 13.2 Å². The van der Waals surface area contributed by atoms with Gasteiger partial charge in [-0.25, -0.2) is 4.39 Å². The number of carbonyl (C=O) groups is 1. The molecule has 3 nitrogen and oxygen atoms in total. The zero-order valence-corrected chi connectivity index (χ0v) is 8.14. The lowest BCUT2D eigenvalue weighted by atomic mass is 10.2. The second kappa shape index (κ2) is 4.74. The number of rotatable bonds is 1. The molecule has 1 aromatic rings. The van der Waals surface area contributed by atoms with Crippen molar-refractivity contribution in [1.82, 2.24) is 0 Å². The van der Waals surface area contributed by atoms with E-state index in [-0.39, 0.29) is 5.56 Å². The Hall–Kier alpha value is -2.23. The molecule has 0 unspecified atom stereocenters. The van der Waals surface area contributed by atoms with Gasteiger partial charge in [-0.2, -0.15) is 0 Å². The van der Waals surface area contributed by atoms with E-state index >= 15 is 0 Å². The molecule has 2 N–H and O–H groups in total. The summed E-state index contributed by atoms with van der Waals surface area (Å²) in [6, 6.07) is 2.53. The molecule has 0 aliphatic carbocycles. The number of hydrogen-bond acceptors (Lipinski definition) is 2. The first-order valence-corrected chi connectivity index (χ1v) is 4.15. The van der Waals surface area contributed by atoms with Crippen molar-refractivity contribution >= 4 is 5.91 Å². The zero-order chi connectivity index (χ0) is 13.1. The summed E-state index contributed by atoms with van der Waals surface area (Å²) >= 11 is 0. The Morgan fingerprint density at radius 3 is 2.47 bits per heavy atom. The van der Waals surface area contributed by atoms with Crippen LogP contribution in [0.4, 0.5) is 17.6 Å². The first-order valence-electron chi connectivity index (χ1n) is 4.15. The third-order valence-electron chi connectivity index (χ3n) is 1.49. The summed E-state index contributed by atoms with van der Waals surface area (Å²) in [5.74, 6) is 0.952. The van der Waals surface area contributed by atoms with E-state index in [4.69, 9.17) is 5.73 Å². The number of primary amides is 1. The fraction of sp³-hybridized carbons (Fsp3) is 0.100. The molecule has 0 spiro atoms. The molecule has 0 saturated heterocycles. The molecule has 0 heterocycles. The van der Waals surface area contributed by atoms with Crippen molar-refractivity contribution < 1.29 is 27.1 Å². The van der Waals surface area contributed by atoms with Crippen LogP contribution in [0.3, 0.4) is 0 Å². The van der Waals surface area contributed by atoms with Crippen molar-refractivity contribution in [3.63, 3.8) is 0 Å². The monoisotopic (exact) mass is 247 g/mol. The van der Waals surface area contributed by atoms with Crippen LogP contribution in [0.25, 0.3) is 0 Å². The Morgan fingerprint density at radius 2 is 2.00 bits per heavy atom. The Bertz CT molecular complexity index is 499. The van der Waals surface area contributed by atoms with Crippen LogP contribution in [0.5, 0.6) is 5.75 Å². The highest BCUT2D eigenvalue weighted by molar-refractivity contribution is 5.92. The molecule has 0 aliphatic heterocycles. The van der Waals surface area contributed by atoms with Crippen molar-refractivity contribution in [2.24, 2.45) is 5.73 Å². The van der Waals surface area contributed by atoms with E-state index in [0.29, 0.717) is 6.07 Å². The normalized spacial score (nSPS) is 10.4. The van der Waals surface area contributed by atoms with Gasteiger partial charge >= 0.3 is 6.36 Å². The number of halogens is 4. The van der Waals surface area contributed by atoms with Gasteiger partial charge < -0.3 is 10.5 Å². The molecule has 0 aromatic heterocycles. The highest BCUT2D eigenvalue weighted by Crippen LogP contribution is 2.25. The number of nitrogens with two attached hydrogens (primary N) is 1. The van der Waals surface area contributed by atoms with E-state index < -0.39 is 23.8 Å². The second-order valence-electron chi connectivity index (χ2n) is 2.81. The minimum Gasteiger partial charge on any atom is -0.403 e. The second-order valence-corrected chi connectivity index (χ2v) is 2.81. The smallest absolute Gasteiger partial charge is 0.403 e. The topological polar surface area (TPSA) is 52.3 Å². The molecule has 1 amide bonds.